The van der Waals surface area contributed by atoms with E-state index in [2.05, 4.69) is 0 Å². The van der Waals surface area contributed by atoms with Crippen molar-refractivity contribution < 1.29 is 28.9 Å². The maximum atomic E-state index is 14.3. The van der Waals surface area contributed by atoms with Gasteiger partial charge in [0.25, 0.3) is 5.56 Å². The van der Waals surface area contributed by atoms with Gasteiger partial charge in [-0.2, -0.15) is 0 Å². The smallest absolute Gasteiger partial charge is 0.330 e. The molecule has 0 amide bonds. The van der Waals surface area contributed by atoms with Crippen LogP contribution >= 0.6 is 0 Å². The number of ketones is 2. The van der Waals surface area contributed by atoms with Crippen LogP contribution in [-0.2, 0) is 14.3 Å². The zero-order valence-electron chi connectivity index (χ0n) is 12.2. The molecule has 0 spiro atoms. The number of nitrogens with one attached hydrogen (secondary N) is 1. The first-order valence-corrected chi connectivity index (χ1v) is 6.64. The number of Topliss-reactive ketones (excluding diaryl/α,β-unsaturated/α-hetero) is 2. The predicted octanol–water partition coefficient (Wildman–Crippen LogP) is -1.96. The van der Waals surface area contributed by atoms with Crippen molar-refractivity contribution in [1.29, 1.82) is 0 Å². The summed E-state index contributed by atoms with van der Waals surface area (Å²) >= 11 is 0. The van der Waals surface area contributed by atoms with Gasteiger partial charge in [0.05, 0.1) is 0 Å². The summed E-state index contributed by atoms with van der Waals surface area (Å²) in [6.45, 7) is 1.79. The van der Waals surface area contributed by atoms with Crippen LogP contribution in [0.3, 0.4) is 0 Å². The minimum Gasteiger partial charge on any atom is -0.387 e. The predicted molar refractivity (Wildman–Crippen MR) is 72.4 cm³/mol. The summed E-state index contributed by atoms with van der Waals surface area (Å²) < 4.78 is 20.0. The summed E-state index contributed by atoms with van der Waals surface area (Å²) in [5.74, 6) is -2.06. The van der Waals surface area contributed by atoms with Crippen LogP contribution in [0.2, 0.25) is 0 Å². The second-order valence-electron chi connectivity index (χ2n) is 5.28. The second kappa shape index (κ2) is 5.80. The van der Waals surface area contributed by atoms with Crippen molar-refractivity contribution in [3.63, 3.8) is 0 Å². The Kier molecular flexibility index (Phi) is 4.33. The Morgan fingerprint density at radius 2 is 1.91 bits per heavy atom. The van der Waals surface area contributed by atoms with Crippen molar-refractivity contribution in [3.8, 4) is 0 Å². The van der Waals surface area contributed by atoms with E-state index < -0.39 is 53.0 Å². The molecule has 0 radical (unpaired) electrons. The number of carbonyl (C=O) groups is 2. The summed E-state index contributed by atoms with van der Waals surface area (Å²) in [6.07, 6.45) is -6.92. The van der Waals surface area contributed by atoms with Crippen molar-refractivity contribution in [2.45, 2.75) is 44.1 Å². The average molecular weight is 330 g/mol. The van der Waals surface area contributed by atoms with E-state index >= 15 is 0 Å². The van der Waals surface area contributed by atoms with E-state index in [1.807, 2.05) is 4.98 Å². The van der Waals surface area contributed by atoms with Crippen LogP contribution in [0, 0.1) is 0 Å². The zero-order chi connectivity index (χ0) is 17.5. The number of aromatic amines is 1. The standard InChI is InChI=1S/C13H15FN2O7/c1-5(17)13(22,6(2)18)10-9(20)8(14)11(23-10)16-4-3-7(19)15-12(16)21/h3-4,8-11,20,22H,1-2H3,(H,15,19,21)/t8-,9+,10+,11-/m1/s1. The lowest BCUT2D eigenvalue weighted by molar-refractivity contribution is -0.173. The molecule has 4 atom stereocenters. The highest BCUT2D eigenvalue weighted by Crippen LogP contribution is 2.36. The van der Waals surface area contributed by atoms with Crippen molar-refractivity contribution >= 4 is 11.6 Å². The summed E-state index contributed by atoms with van der Waals surface area (Å²) in [4.78, 5) is 47.8. The highest BCUT2D eigenvalue weighted by Gasteiger charge is 2.59. The molecule has 1 aliphatic heterocycles. The van der Waals surface area contributed by atoms with Crippen LogP contribution in [0.15, 0.2) is 21.9 Å². The molecule has 126 valence electrons. The van der Waals surface area contributed by atoms with Gasteiger partial charge in [-0.1, -0.05) is 0 Å². The van der Waals surface area contributed by atoms with Crippen molar-refractivity contribution in [3.05, 3.63) is 33.1 Å². The monoisotopic (exact) mass is 330 g/mol. The molecule has 0 aliphatic carbocycles. The largest absolute Gasteiger partial charge is 0.387 e. The fourth-order valence-corrected chi connectivity index (χ4v) is 2.48. The molecular weight excluding hydrogens is 315 g/mol. The van der Waals surface area contributed by atoms with Crippen LogP contribution in [0.4, 0.5) is 4.39 Å². The first-order valence-electron chi connectivity index (χ1n) is 6.64. The van der Waals surface area contributed by atoms with Gasteiger partial charge < -0.3 is 14.9 Å². The molecule has 1 aromatic heterocycles. The number of carbonyl (C=O) groups excluding carboxylic acids is 2. The molecule has 2 heterocycles. The Morgan fingerprint density at radius 3 is 2.39 bits per heavy atom. The van der Waals surface area contributed by atoms with Gasteiger partial charge in [0.2, 0.25) is 5.60 Å². The Balaban J connectivity index is 2.46. The number of aromatic nitrogens is 2. The van der Waals surface area contributed by atoms with Gasteiger partial charge >= 0.3 is 5.69 Å². The van der Waals surface area contributed by atoms with Crippen molar-refractivity contribution in [2.24, 2.45) is 0 Å². The third-order valence-corrected chi connectivity index (χ3v) is 3.81. The van der Waals surface area contributed by atoms with E-state index in [4.69, 9.17) is 4.74 Å². The van der Waals surface area contributed by atoms with Crippen molar-refractivity contribution in [2.75, 3.05) is 0 Å². The molecule has 0 aromatic carbocycles. The van der Waals surface area contributed by atoms with E-state index in [0.717, 1.165) is 26.1 Å². The normalized spacial score (nSPS) is 27.9. The molecule has 1 fully saturated rings. The molecule has 10 heteroatoms. The second-order valence-corrected chi connectivity index (χ2v) is 5.28. The van der Waals surface area contributed by atoms with Gasteiger partial charge in [-0.15, -0.1) is 0 Å². The fourth-order valence-electron chi connectivity index (χ4n) is 2.48. The number of alkyl halides is 1. The zero-order valence-corrected chi connectivity index (χ0v) is 12.2. The number of aliphatic hydroxyl groups is 2. The number of aliphatic hydroxyl groups excluding tert-OH is 1. The number of H-pyrrole nitrogens is 1. The Bertz CT molecular complexity index is 741. The van der Waals surface area contributed by atoms with Gasteiger partial charge in [-0.05, 0) is 13.8 Å². The van der Waals surface area contributed by atoms with E-state index in [9.17, 15) is 33.8 Å². The number of halogens is 1. The number of nitrogens with zero attached hydrogens (tertiary/aromatic N) is 1. The molecule has 0 saturated carbocycles. The SMILES string of the molecule is CC(=O)C(O)(C(C)=O)[C@H]1O[C@@H](n2ccc(=O)[nH]c2=O)[C@H](F)[C@@H]1O. The van der Waals surface area contributed by atoms with E-state index in [1.165, 1.54) is 0 Å². The molecule has 1 aromatic rings. The van der Waals surface area contributed by atoms with Gasteiger partial charge in [0, 0.05) is 12.3 Å². The molecule has 23 heavy (non-hydrogen) atoms. The van der Waals surface area contributed by atoms with E-state index in [-0.39, 0.29) is 0 Å². The summed E-state index contributed by atoms with van der Waals surface area (Å²) in [5, 5.41) is 20.2. The minimum absolute atomic E-state index is 0.649. The number of hydrogen-bond donors (Lipinski definition) is 3. The molecule has 3 N–H and O–H groups in total. The van der Waals surface area contributed by atoms with Gasteiger partial charge in [0.1, 0.15) is 12.2 Å². The first kappa shape index (κ1) is 17.2. The maximum Gasteiger partial charge on any atom is 0.330 e. The van der Waals surface area contributed by atoms with Gasteiger partial charge in [0.15, 0.2) is 24.0 Å². The van der Waals surface area contributed by atoms with Crippen LogP contribution in [0.25, 0.3) is 0 Å². The molecule has 1 saturated heterocycles. The Morgan fingerprint density at radius 1 is 1.35 bits per heavy atom. The highest BCUT2D eigenvalue weighted by atomic mass is 19.1. The number of rotatable bonds is 4. The summed E-state index contributed by atoms with van der Waals surface area (Å²) in [7, 11) is 0. The van der Waals surface area contributed by atoms with Crippen LogP contribution in [-0.4, -0.2) is 55.3 Å². The van der Waals surface area contributed by atoms with Crippen LogP contribution in [0.1, 0.15) is 20.1 Å². The molecular formula is C13H15FN2O7. The Labute approximate surface area is 128 Å². The van der Waals surface area contributed by atoms with Crippen LogP contribution in [0.5, 0.6) is 0 Å². The molecule has 2 rings (SSSR count). The number of hydrogen-bond acceptors (Lipinski definition) is 7. The third-order valence-electron chi connectivity index (χ3n) is 3.81. The van der Waals surface area contributed by atoms with E-state index in [1.54, 1.807) is 0 Å². The minimum atomic E-state index is -2.75. The fraction of sp³-hybridized carbons (Fsp3) is 0.538. The van der Waals surface area contributed by atoms with Gasteiger partial charge in [-0.3, -0.25) is 23.9 Å². The van der Waals surface area contributed by atoms with Gasteiger partial charge in [-0.25, -0.2) is 9.18 Å². The van der Waals surface area contributed by atoms with E-state index in [0.29, 0.717) is 4.57 Å². The quantitative estimate of drug-likeness (QED) is 0.545. The Hall–Kier alpha value is -2.17. The van der Waals surface area contributed by atoms with Crippen LogP contribution < -0.4 is 11.2 Å². The van der Waals surface area contributed by atoms with Crippen molar-refractivity contribution in [1.82, 2.24) is 9.55 Å². The molecule has 0 bridgehead atoms. The topological polar surface area (TPSA) is 139 Å². The highest BCUT2D eigenvalue weighted by molar-refractivity contribution is 6.09. The maximum absolute atomic E-state index is 14.3. The summed E-state index contributed by atoms with van der Waals surface area (Å²) in [6, 6.07) is 0.930. The lowest BCUT2D eigenvalue weighted by Gasteiger charge is -2.30. The summed E-state index contributed by atoms with van der Waals surface area (Å²) in [5.41, 5.74) is -4.47. The average Bonchev–Trinajstić information content (AvgIpc) is 2.74. The third kappa shape index (κ3) is 2.64. The molecule has 0 unspecified atom stereocenters. The lowest BCUT2D eigenvalue weighted by Crippen LogP contribution is -2.58. The molecule has 1 aliphatic rings. The lowest BCUT2D eigenvalue weighted by atomic mass is 9.85. The molecule has 9 nitrogen and oxygen atoms in total. The first-order chi connectivity index (χ1) is 10.6. The number of ether oxygens (including phenoxy) is 1.